The second-order valence-electron chi connectivity index (χ2n) is 2.75. The van der Waals surface area contributed by atoms with Crippen molar-refractivity contribution in [3.05, 3.63) is 21.8 Å². The molecule has 2 nitrogen and oxygen atoms in total. The molecule has 0 saturated heterocycles. The summed E-state index contributed by atoms with van der Waals surface area (Å²) in [6.45, 7) is 3.86. The zero-order chi connectivity index (χ0) is 9.14. The fraction of sp³-hybridized carbons (Fsp3) is 0.333. The standard InChI is InChI=1S/C9H11IO2/c1-6(2)12-8-5-3-4-7(10)9(8)11/h3-6,11H,1-2H3. The van der Waals surface area contributed by atoms with Crippen molar-refractivity contribution >= 4 is 22.6 Å². The Hall–Kier alpha value is -0.450. The highest BCUT2D eigenvalue weighted by Crippen LogP contribution is 2.31. The van der Waals surface area contributed by atoms with E-state index in [0.29, 0.717) is 5.75 Å². The summed E-state index contributed by atoms with van der Waals surface area (Å²) in [7, 11) is 0. The highest BCUT2D eigenvalue weighted by molar-refractivity contribution is 14.1. The van der Waals surface area contributed by atoms with E-state index in [9.17, 15) is 5.11 Å². The van der Waals surface area contributed by atoms with Gasteiger partial charge in [-0.3, -0.25) is 0 Å². The first-order valence-electron chi connectivity index (χ1n) is 3.75. The van der Waals surface area contributed by atoms with E-state index in [2.05, 4.69) is 22.6 Å². The fourth-order valence-electron chi connectivity index (χ4n) is 0.845. The van der Waals surface area contributed by atoms with Gasteiger partial charge in [-0.15, -0.1) is 0 Å². The predicted octanol–water partition coefficient (Wildman–Crippen LogP) is 2.78. The Bertz CT molecular complexity index is 271. The molecule has 0 aromatic heterocycles. The van der Waals surface area contributed by atoms with Crippen LogP contribution in [0.1, 0.15) is 13.8 Å². The summed E-state index contributed by atoms with van der Waals surface area (Å²) in [6.07, 6.45) is 0.0918. The molecule has 0 aliphatic rings. The van der Waals surface area contributed by atoms with Crippen LogP contribution in [0.2, 0.25) is 0 Å². The number of hydrogen-bond acceptors (Lipinski definition) is 2. The lowest BCUT2D eigenvalue weighted by Gasteiger charge is -2.11. The van der Waals surface area contributed by atoms with E-state index in [4.69, 9.17) is 4.74 Å². The molecule has 1 N–H and O–H groups in total. The van der Waals surface area contributed by atoms with Crippen molar-refractivity contribution in [1.82, 2.24) is 0 Å². The monoisotopic (exact) mass is 278 g/mol. The lowest BCUT2D eigenvalue weighted by molar-refractivity contribution is 0.231. The van der Waals surface area contributed by atoms with Gasteiger partial charge in [0.15, 0.2) is 11.5 Å². The Morgan fingerprint density at radius 1 is 1.42 bits per heavy atom. The van der Waals surface area contributed by atoms with Crippen molar-refractivity contribution in [2.24, 2.45) is 0 Å². The number of aromatic hydroxyl groups is 1. The third-order valence-corrected chi connectivity index (χ3v) is 2.18. The molecular weight excluding hydrogens is 267 g/mol. The van der Waals surface area contributed by atoms with Crippen LogP contribution in [-0.2, 0) is 0 Å². The number of hydrogen-bond donors (Lipinski definition) is 1. The normalized spacial score (nSPS) is 10.3. The SMILES string of the molecule is CC(C)Oc1cccc(I)c1O. The first kappa shape index (κ1) is 9.64. The van der Waals surface area contributed by atoms with E-state index in [1.54, 1.807) is 6.07 Å². The van der Waals surface area contributed by atoms with Crippen LogP contribution in [0.15, 0.2) is 18.2 Å². The highest BCUT2D eigenvalue weighted by Gasteiger charge is 2.06. The highest BCUT2D eigenvalue weighted by atomic mass is 127. The third kappa shape index (κ3) is 2.27. The molecule has 1 aromatic carbocycles. The Morgan fingerprint density at radius 3 is 2.67 bits per heavy atom. The van der Waals surface area contributed by atoms with Crippen molar-refractivity contribution in [2.75, 3.05) is 0 Å². The van der Waals surface area contributed by atoms with E-state index in [-0.39, 0.29) is 11.9 Å². The second-order valence-corrected chi connectivity index (χ2v) is 3.92. The molecule has 0 fully saturated rings. The van der Waals surface area contributed by atoms with Crippen molar-refractivity contribution < 1.29 is 9.84 Å². The molecule has 66 valence electrons. The average molecular weight is 278 g/mol. The van der Waals surface area contributed by atoms with Gasteiger partial charge in [-0.25, -0.2) is 0 Å². The average Bonchev–Trinajstić information content (AvgIpc) is 1.98. The second kappa shape index (κ2) is 3.98. The summed E-state index contributed by atoms with van der Waals surface area (Å²) < 4.78 is 6.18. The minimum absolute atomic E-state index is 0.0918. The van der Waals surface area contributed by atoms with Gasteiger partial charge in [-0.05, 0) is 48.6 Å². The molecule has 0 spiro atoms. The minimum Gasteiger partial charge on any atom is -0.504 e. The van der Waals surface area contributed by atoms with Crippen LogP contribution in [0, 0.1) is 3.57 Å². The van der Waals surface area contributed by atoms with Crippen LogP contribution in [0.5, 0.6) is 11.5 Å². The molecule has 0 atom stereocenters. The van der Waals surface area contributed by atoms with E-state index >= 15 is 0 Å². The van der Waals surface area contributed by atoms with Crippen LogP contribution >= 0.6 is 22.6 Å². The zero-order valence-electron chi connectivity index (χ0n) is 7.04. The number of rotatable bonds is 2. The molecule has 0 aliphatic carbocycles. The van der Waals surface area contributed by atoms with Gasteiger partial charge in [-0.2, -0.15) is 0 Å². The smallest absolute Gasteiger partial charge is 0.171 e. The molecule has 3 heteroatoms. The van der Waals surface area contributed by atoms with Gasteiger partial charge in [0.25, 0.3) is 0 Å². The number of phenols is 1. The van der Waals surface area contributed by atoms with Gasteiger partial charge < -0.3 is 9.84 Å². The van der Waals surface area contributed by atoms with E-state index < -0.39 is 0 Å². The molecule has 0 radical (unpaired) electrons. The van der Waals surface area contributed by atoms with E-state index in [1.165, 1.54) is 0 Å². The maximum Gasteiger partial charge on any atom is 0.171 e. The third-order valence-electron chi connectivity index (χ3n) is 1.31. The molecule has 1 rings (SSSR count). The fourth-order valence-corrected chi connectivity index (χ4v) is 1.32. The Morgan fingerprint density at radius 2 is 2.08 bits per heavy atom. The quantitative estimate of drug-likeness (QED) is 0.843. The molecule has 0 heterocycles. The van der Waals surface area contributed by atoms with Crippen molar-refractivity contribution in [3.63, 3.8) is 0 Å². The molecule has 0 amide bonds. The maximum absolute atomic E-state index is 9.51. The topological polar surface area (TPSA) is 29.5 Å². The number of benzene rings is 1. The summed E-state index contributed by atoms with van der Waals surface area (Å²) in [5.74, 6) is 0.781. The zero-order valence-corrected chi connectivity index (χ0v) is 9.20. The molecule has 0 bridgehead atoms. The summed E-state index contributed by atoms with van der Waals surface area (Å²) >= 11 is 2.07. The number of ether oxygens (including phenoxy) is 1. The Labute approximate surface area is 85.7 Å². The van der Waals surface area contributed by atoms with Crippen LogP contribution < -0.4 is 4.74 Å². The van der Waals surface area contributed by atoms with E-state index in [0.717, 1.165) is 3.57 Å². The van der Waals surface area contributed by atoms with Crippen LogP contribution in [0.3, 0.4) is 0 Å². The summed E-state index contributed by atoms with van der Waals surface area (Å²) in [6, 6.07) is 5.46. The predicted molar refractivity (Wildman–Crippen MR) is 56.6 cm³/mol. The van der Waals surface area contributed by atoms with Crippen molar-refractivity contribution in [2.45, 2.75) is 20.0 Å². The maximum atomic E-state index is 9.51. The Kier molecular flexibility index (Phi) is 3.20. The van der Waals surface area contributed by atoms with E-state index in [1.807, 2.05) is 26.0 Å². The molecule has 0 saturated carbocycles. The first-order valence-corrected chi connectivity index (χ1v) is 4.83. The molecule has 12 heavy (non-hydrogen) atoms. The molecule has 0 unspecified atom stereocenters. The minimum atomic E-state index is 0.0918. The van der Waals surface area contributed by atoms with Crippen molar-refractivity contribution in [1.29, 1.82) is 0 Å². The van der Waals surface area contributed by atoms with Gasteiger partial charge >= 0.3 is 0 Å². The van der Waals surface area contributed by atoms with Crippen LogP contribution in [0.25, 0.3) is 0 Å². The van der Waals surface area contributed by atoms with Gasteiger partial charge in [0.05, 0.1) is 9.67 Å². The molecule has 1 aromatic rings. The summed E-state index contributed by atoms with van der Waals surface area (Å²) in [5.41, 5.74) is 0. The lowest BCUT2D eigenvalue weighted by Crippen LogP contribution is -2.05. The molecular formula is C9H11IO2. The van der Waals surface area contributed by atoms with Crippen molar-refractivity contribution in [3.8, 4) is 11.5 Å². The first-order chi connectivity index (χ1) is 5.61. The van der Waals surface area contributed by atoms with Gasteiger partial charge in [0.2, 0.25) is 0 Å². The molecule has 0 aliphatic heterocycles. The summed E-state index contributed by atoms with van der Waals surface area (Å²) in [4.78, 5) is 0. The van der Waals surface area contributed by atoms with Gasteiger partial charge in [-0.1, -0.05) is 6.07 Å². The van der Waals surface area contributed by atoms with Gasteiger partial charge in [0.1, 0.15) is 0 Å². The number of para-hydroxylation sites is 1. The number of phenolic OH excluding ortho intramolecular Hbond substituents is 1. The summed E-state index contributed by atoms with van der Waals surface area (Å²) in [5, 5.41) is 9.51. The van der Waals surface area contributed by atoms with Gasteiger partial charge in [0, 0.05) is 0 Å². The Balaban J connectivity index is 2.92. The number of halogens is 1. The lowest BCUT2D eigenvalue weighted by atomic mass is 10.3. The van der Waals surface area contributed by atoms with Crippen LogP contribution in [0.4, 0.5) is 0 Å². The van der Waals surface area contributed by atoms with Crippen LogP contribution in [-0.4, -0.2) is 11.2 Å². The largest absolute Gasteiger partial charge is 0.504 e.